The van der Waals surface area contributed by atoms with Crippen molar-refractivity contribution in [2.24, 2.45) is 0 Å². The number of nitrogens with zero attached hydrogens (tertiary/aromatic N) is 6. The van der Waals surface area contributed by atoms with Crippen molar-refractivity contribution in [3.05, 3.63) is 33.4 Å². The number of aromatic nitrogens is 8. The summed E-state index contributed by atoms with van der Waals surface area (Å²) in [5.74, 6) is -1.43. The van der Waals surface area contributed by atoms with E-state index >= 15 is 8.78 Å². The largest absolute Gasteiger partial charge is 0.376 e. The molecule has 2 saturated heterocycles. The molecule has 1 spiro atoms. The van der Waals surface area contributed by atoms with Crippen molar-refractivity contribution in [1.82, 2.24) is 39.0 Å². The quantitative estimate of drug-likeness (QED) is 0.232. The summed E-state index contributed by atoms with van der Waals surface area (Å²) in [5.41, 5.74) is 8.55. The molecular weight excluding hydrogens is 557 g/mol. The first-order chi connectivity index (χ1) is 19.1. The van der Waals surface area contributed by atoms with Crippen LogP contribution in [0.3, 0.4) is 0 Å². The molecule has 6 rings (SSSR count). The van der Waals surface area contributed by atoms with E-state index < -0.39 is 61.8 Å². The van der Waals surface area contributed by atoms with E-state index in [2.05, 4.69) is 29.9 Å². The van der Waals surface area contributed by atoms with Crippen LogP contribution in [0.4, 0.5) is 20.7 Å². The maximum Gasteiger partial charge on any atom is 0.280 e. The summed E-state index contributed by atoms with van der Waals surface area (Å²) in [7, 11) is 2.20. The second kappa shape index (κ2) is 9.81. The summed E-state index contributed by atoms with van der Waals surface area (Å²) in [6.07, 6.45) is -3.66. The first-order valence-corrected chi connectivity index (χ1v) is 13.1. The fraction of sp³-hybridized carbons (Fsp3) is 0.524. The van der Waals surface area contributed by atoms with Gasteiger partial charge >= 0.3 is 0 Å². The molecule has 40 heavy (non-hydrogen) atoms. The lowest BCUT2D eigenvalue weighted by atomic mass is 10.0. The van der Waals surface area contributed by atoms with Crippen LogP contribution >= 0.6 is 8.58 Å². The van der Waals surface area contributed by atoms with E-state index in [1.54, 1.807) is 0 Å². The number of methoxy groups -OCH3 is 2. The van der Waals surface area contributed by atoms with Crippen molar-refractivity contribution in [2.45, 2.75) is 48.5 Å². The number of anilines is 2. The van der Waals surface area contributed by atoms with E-state index in [0.29, 0.717) is 0 Å². The zero-order valence-electron chi connectivity index (χ0n) is 21.1. The van der Waals surface area contributed by atoms with Crippen LogP contribution in [0.25, 0.3) is 22.3 Å². The van der Waals surface area contributed by atoms with E-state index in [4.69, 9.17) is 30.4 Å². The number of H-pyrrole nitrogens is 2. The van der Waals surface area contributed by atoms with Crippen molar-refractivity contribution in [3.63, 3.8) is 0 Å². The van der Waals surface area contributed by atoms with Gasteiger partial charge in [-0.3, -0.25) is 24.1 Å². The molecule has 4 aromatic rings. The lowest BCUT2D eigenvalue weighted by molar-refractivity contribution is -0.256. The maximum atomic E-state index is 16.1. The first-order valence-electron chi connectivity index (χ1n) is 12.0. The van der Waals surface area contributed by atoms with Crippen LogP contribution in [-0.4, -0.2) is 89.7 Å². The van der Waals surface area contributed by atoms with E-state index in [1.807, 2.05) is 0 Å². The molecule has 0 bridgehead atoms. The molecule has 0 radical (unpaired) electrons. The molecule has 2 aliphatic rings. The number of halogens is 2. The third kappa shape index (κ3) is 4.23. The van der Waals surface area contributed by atoms with E-state index in [-0.39, 0.29) is 47.3 Å². The Kier molecular flexibility index (Phi) is 6.53. The van der Waals surface area contributed by atoms with Gasteiger partial charge in [-0.1, -0.05) is 0 Å². The van der Waals surface area contributed by atoms with Crippen LogP contribution < -0.4 is 22.6 Å². The smallest absolute Gasteiger partial charge is 0.280 e. The van der Waals surface area contributed by atoms with Crippen molar-refractivity contribution in [3.8, 4) is 0 Å². The fourth-order valence-corrected chi connectivity index (χ4v) is 6.65. The summed E-state index contributed by atoms with van der Waals surface area (Å²) >= 11 is 0. The van der Waals surface area contributed by atoms with Gasteiger partial charge < -0.3 is 35.0 Å². The molecule has 8 atom stereocenters. The van der Waals surface area contributed by atoms with Crippen molar-refractivity contribution >= 4 is 42.8 Å². The minimum absolute atomic E-state index is 0.0213. The van der Waals surface area contributed by atoms with Gasteiger partial charge in [0.05, 0.1) is 25.3 Å². The van der Waals surface area contributed by atoms with Crippen LogP contribution in [0.1, 0.15) is 18.7 Å². The van der Waals surface area contributed by atoms with Crippen LogP contribution in [0, 0.1) is 0 Å². The Labute approximate surface area is 224 Å². The van der Waals surface area contributed by atoms with Crippen molar-refractivity contribution in [2.75, 3.05) is 32.3 Å². The highest BCUT2D eigenvalue weighted by Crippen LogP contribution is 2.55. The second-order valence-corrected chi connectivity index (χ2v) is 11.0. The fourth-order valence-electron chi connectivity index (χ4n) is 5.09. The van der Waals surface area contributed by atoms with Crippen LogP contribution in [0.5, 0.6) is 0 Å². The van der Waals surface area contributed by atoms with Gasteiger partial charge in [0, 0.05) is 20.6 Å². The summed E-state index contributed by atoms with van der Waals surface area (Å²) < 4.78 is 57.9. The van der Waals surface area contributed by atoms with Gasteiger partial charge in [-0.2, -0.15) is 9.97 Å². The van der Waals surface area contributed by atoms with Gasteiger partial charge in [0.1, 0.15) is 18.1 Å². The van der Waals surface area contributed by atoms with E-state index in [0.717, 1.165) is 0 Å². The highest BCUT2D eigenvalue weighted by molar-refractivity contribution is 7.40. The van der Waals surface area contributed by atoms with E-state index in [1.165, 1.54) is 36.0 Å². The highest BCUT2D eigenvalue weighted by atomic mass is 31.1. The average Bonchev–Trinajstić information content (AvgIpc) is 3.50. The van der Waals surface area contributed by atoms with Crippen molar-refractivity contribution < 1.29 is 27.7 Å². The minimum Gasteiger partial charge on any atom is -0.376 e. The third-order valence-electron chi connectivity index (χ3n) is 7.01. The molecule has 2 fully saturated rings. The number of alkyl halides is 2. The Hall–Kier alpha value is -3.57. The molecular formula is C21H25F2N10O6P. The number of ether oxygens (including phenoxy) is 4. The predicted octanol–water partition coefficient (Wildman–Crippen LogP) is -0.0966. The van der Waals surface area contributed by atoms with Crippen LogP contribution in [0.2, 0.25) is 0 Å². The van der Waals surface area contributed by atoms with Gasteiger partial charge in [0.2, 0.25) is 11.9 Å². The topological polar surface area (TPSA) is 216 Å². The zero-order valence-corrected chi connectivity index (χ0v) is 22.1. The summed E-state index contributed by atoms with van der Waals surface area (Å²) in [5, 5.41) is 0. The van der Waals surface area contributed by atoms with Gasteiger partial charge in [-0.05, 0) is 8.58 Å². The molecule has 0 aliphatic carbocycles. The Bertz CT molecular complexity index is 1690. The standard InChI is InChI=1S/C21H25F2N10O6P/c1-36-8-4-38-21(3-7(9(8)22)32-5-26-11-13(32)28-19(24)30-15(11)34)39-17(10(23)18(37-2)40-21)33-6-27-12-14(33)29-20(25)31-16(12)35/h5-10,17-18,40H,3-4H2,1-2H3,(H3,24,28,30,34)(H3,25,29,31,35)/t7-,8-,9+,10+,17-,18?,21?/m1/s1. The Balaban J connectivity index is 1.46. The molecule has 214 valence electrons. The zero-order chi connectivity index (χ0) is 28.3. The molecule has 16 nitrogen and oxygen atoms in total. The molecule has 4 aromatic heterocycles. The Morgan fingerprint density at radius 2 is 1.60 bits per heavy atom. The monoisotopic (exact) mass is 582 g/mol. The number of nitrogen functional groups attached to an aromatic ring is 2. The third-order valence-corrected chi connectivity index (χ3v) is 8.75. The number of rotatable bonds is 4. The summed E-state index contributed by atoms with van der Waals surface area (Å²) in [6, 6.07) is -1.09. The lowest BCUT2D eigenvalue weighted by Gasteiger charge is -2.45. The normalized spacial score (nSPS) is 31.8. The minimum atomic E-state index is -1.76. The average molecular weight is 582 g/mol. The number of hydrogen-bond donors (Lipinski definition) is 4. The molecule has 19 heteroatoms. The molecule has 3 unspecified atom stereocenters. The number of imidazole rings is 2. The summed E-state index contributed by atoms with van der Waals surface area (Å²) in [6.45, 7) is -0.250. The van der Waals surface area contributed by atoms with Crippen molar-refractivity contribution in [1.29, 1.82) is 0 Å². The number of hydrogen-bond acceptors (Lipinski definition) is 12. The number of aromatic amines is 2. The molecule has 2 aliphatic heterocycles. The second-order valence-electron chi connectivity index (χ2n) is 9.36. The SMILES string of the molecule is COC1PC2(C[C@@H](n3cnc4c(=O)[nH]c(N)nc43)[C@H](F)[C@H](OC)CO2)O[C@@H](n2cnc3c(=O)[nH]c(N)nc32)[C@@H]1F. The van der Waals surface area contributed by atoms with Gasteiger partial charge in [-0.15, -0.1) is 0 Å². The van der Waals surface area contributed by atoms with Gasteiger partial charge in [0.15, 0.2) is 40.3 Å². The number of nitrogens with one attached hydrogen (secondary N) is 2. The van der Waals surface area contributed by atoms with E-state index in [9.17, 15) is 9.59 Å². The highest BCUT2D eigenvalue weighted by Gasteiger charge is 2.54. The number of fused-ring (bicyclic) bond motifs is 2. The first kappa shape index (κ1) is 26.6. The van der Waals surface area contributed by atoms with Crippen LogP contribution in [0.15, 0.2) is 22.2 Å². The molecule has 6 heterocycles. The molecule has 0 aromatic carbocycles. The molecule has 0 saturated carbocycles. The molecule has 0 amide bonds. The number of nitrogens with two attached hydrogens (primary N) is 2. The molecule has 6 N–H and O–H groups in total. The lowest BCUT2D eigenvalue weighted by Crippen LogP contribution is -2.48. The Morgan fingerprint density at radius 1 is 1.00 bits per heavy atom. The van der Waals surface area contributed by atoms with Crippen LogP contribution in [-0.2, 0) is 18.9 Å². The predicted molar refractivity (Wildman–Crippen MR) is 137 cm³/mol. The van der Waals surface area contributed by atoms with Gasteiger partial charge in [0.25, 0.3) is 11.1 Å². The van der Waals surface area contributed by atoms with Gasteiger partial charge in [-0.25, -0.2) is 18.7 Å². The maximum absolute atomic E-state index is 16.1. The Morgan fingerprint density at radius 3 is 2.20 bits per heavy atom. The summed E-state index contributed by atoms with van der Waals surface area (Å²) in [4.78, 5) is 45.8.